The Hall–Kier alpha value is -2.09. The Morgan fingerprint density at radius 2 is 1.50 bits per heavy atom. The maximum Gasteiger partial charge on any atom is 0.255 e. The molecule has 0 aromatic heterocycles. The summed E-state index contributed by atoms with van der Waals surface area (Å²) in [6.45, 7) is 3.10. The fourth-order valence-corrected chi connectivity index (χ4v) is 5.85. The van der Waals surface area contributed by atoms with E-state index in [0.717, 1.165) is 44.5 Å². The second-order valence-electron chi connectivity index (χ2n) is 7.80. The Labute approximate surface area is 182 Å². The molecule has 2 aliphatic heterocycles. The summed E-state index contributed by atoms with van der Waals surface area (Å²) in [5.41, 5.74) is 2.00. The molecule has 0 saturated carbocycles. The van der Waals surface area contributed by atoms with Crippen LogP contribution in [0.1, 0.15) is 42.5 Å². The molecule has 6 nitrogen and oxygen atoms in total. The molecule has 2 aromatic carbocycles. The first-order chi connectivity index (χ1) is 14.4. The molecule has 2 aliphatic rings. The third-order valence-corrected chi connectivity index (χ3v) is 7.94. The lowest BCUT2D eigenvalue weighted by molar-refractivity contribution is 0.102. The second-order valence-corrected chi connectivity index (χ2v) is 10.1. The van der Waals surface area contributed by atoms with Crippen molar-refractivity contribution in [3.05, 3.63) is 53.1 Å². The van der Waals surface area contributed by atoms with Crippen molar-refractivity contribution in [3.8, 4) is 0 Å². The van der Waals surface area contributed by atoms with Crippen LogP contribution in [0, 0.1) is 0 Å². The van der Waals surface area contributed by atoms with E-state index in [2.05, 4.69) is 10.2 Å². The number of sulfonamides is 1. The van der Waals surface area contributed by atoms with Gasteiger partial charge in [-0.05, 0) is 74.6 Å². The topological polar surface area (TPSA) is 69.7 Å². The number of carbonyl (C=O) groups excluding carboxylic acids is 1. The molecule has 160 valence electrons. The summed E-state index contributed by atoms with van der Waals surface area (Å²) in [5.74, 6) is -0.304. The molecule has 2 aromatic rings. The Kier molecular flexibility index (Phi) is 6.32. The molecule has 0 bridgehead atoms. The van der Waals surface area contributed by atoms with E-state index in [0.29, 0.717) is 29.4 Å². The van der Waals surface area contributed by atoms with Gasteiger partial charge >= 0.3 is 0 Å². The summed E-state index contributed by atoms with van der Waals surface area (Å²) in [5, 5.41) is 3.45. The van der Waals surface area contributed by atoms with Gasteiger partial charge in [-0.25, -0.2) is 8.42 Å². The van der Waals surface area contributed by atoms with Gasteiger partial charge in [0.25, 0.3) is 5.91 Å². The van der Waals surface area contributed by atoms with Crippen molar-refractivity contribution in [2.75, 3.05) is 36.4 Å². The number of benzene rings is 2. The molecule has 0 radical (unpaired) electrons. The monoisotopic (exact) mass is 447 g/mol. The average molecular weight is 448 g/mol. The Balaban J connectivity index is 1.44. The number of piperidine rings is 1. The van der Waals surface area contributed by atoms with Crippen LogP contribution in [0.5, 0.6) is 0 Å². The average Bonchev–Trinajstić information content (AvgIpc) is 3.30. The normalized spacial score (nSPS) is 17.8. The van der Waals surface area contributed by atoms with Crippen molar-refractivity contribution in [2.24, 2.45) is 0 Å². The van der Waals surface area contributed by atoms with Crippen molar-refractivity contribution >= 4 is 38.9 Å². The van der Waals surface area contributed by atoms with E-state index in [4.69, 9.17) is 11.6 Å². The molecule has 1 N–H and O–H groups in total. The number of nitrogens with zero attached hydrogens (tertiary/aromatic N) is 2. The van der Waals surface area contributed by atoms with Gasteiger partial charge in [0.2, 0.25) is 10.0 Å². The van der Waals surface area contributed by atoms with Crippen LogP contribution in [0.3, 0.4) is 0 Å². The SMILES string of the molecule is O=C(Nc1ccc(N2CCCCC2)c(Cl)c1)c1ccc(S(=O)(=O)N2CCCC2)cc1. The lowest BCUT2D eigenvalue weighted by Crippen LogP contribution is -2.29. The van der Waals surface area contributed by atoms with Crippen LogP contribution in [-0.4, -0.2) is 44.8 Å². The molecular formula is C22H26ClN3O3S. The highest BCUT2D eigenvalue weighted by atomic mass is 35.5. The lowest BCUT2D eigenvalue weighted by Gasteiger charge is -2.29. The molecule has 8 heteroatoms. The predicted molar refractivity (Wildman–Crippen MR) is 120 cm³/mol. The molecule has 2 saturated heterocycles. The minimum Gasteiger partial charge on any atom is -0.370 e. The lowest BCUT2D eigenvalue weighted by atomic mass is 10.1. The van der Waals surface area contributed by atoms with Crippen LogP contribution in [0.2, 0.25) is 5.02 Å². The number of hydrogen-bond donors (Lipinski definition) is 1. The van der Waals surface area contributed by atoms with Crippen LogP contribution in [0.15, 0.2) is 47.4 Å². The third-order valence-electron chi connectivity index (χ3n) is 5.72. The van der Waals surface area contributed by atoms with Crippen molar-refractivity contribution in [2.45, 2.75) is 37.0 Å². The minimum absolute atomic E-state index is 0.217. The zero-order chi connectivity index (χ0) is 21.1. The Bertz CT molecular complexity index is 1010. The molecule has 4 rings (SSSR count). The standard InChI is InChI=1S/C22H26ClN3O3S/c23-20-16-18(8-11-21(20)25-12-2-1-3-13-25)24-22(27)17-6-9-19(10-7-17)30(28,29)26-14-4-5-15-26/h6-11,16H,1-5,12-15H2,(H,24,27). The zero-order valence-corrected chi connectivity index (χ0v) is 18.4. The van der Waals surface area contributed by atoms with Crippen LogP contribution in [0.4, 0.5) is 11.4 Å². The zero-order valence-electron chi connectivity index (χ0n) is 16.8. The Morgan fingerprint density at radius 3 is 2.13 bits per heavy atom. The van der Waals surface area contributed by atoms with Gasteiger partial charge in [-0.2, -0.15) is 4.31 Å². The van der Waals surface area contributed by atoms with Gasteiger partial charge in [0.15, 0.2) is 0 Å². The van der Waals surface area contributed by atoms with Crippen LogP contribution >= 0.6 is 11.6 Å². The molecule has 0 atom stereocenters. The number of nitrogens with one attached hydrogen (secondary N) is 1. The quantitative estimate of drug-likeness (QED) is 0.739. The molecule has 0 aliphatic carbocycles. The molecule has 0 unspecified atom stereocenters. The van der Waals surface area contributed by atoms with E-state index in [1.54, 1.807) is 18.2 Å². The van der Waals surface area contributed by atoms with Gasteiger partial charge in [-0.15, -0.1) is 0 Å². The third kappa shape index (κ3) is 4.48. The minimum atomic E-state index is -3.48. The molecular weight excluding hydrogens is 422 g/mol. The van der Waals surface area contributed by atoms with Crippen LogP contribution < -0.4 is 10.2 Å². The maximum atomic E-state index is 12.6. The number of halogens is 1. The first kappa shape index (κ1) is 21.2. The van der Waals surface area contributed by atoms with E-state index < -0.39 is 10.0 Å². The van der Waals surface area contributed by atoms with E-state index in [1.165, 1.54) is 22.9 Å². The highest BCUT2D eigenvalue weighted by molar-refractivity contribution is 7.89. The van der Waals surface area contributed by atoms with Crippen molar-refractivity contribution in [1.82, 2.24) is 4.31 Å². The number of anilines is 2. The molecule has 30 heavy (non-hydrogen) atoms. The van der Waals surface area contributed by atoms with Gasteiger partial charge in [-0.3, -0.25) is 4.79 Å². The van der Waals surface area contributed by atoms with Gasteiger partial charge in [0.05, 0.1) is 15.6 Å². The summed E-state index contributed by atoms with van der Waals surface area (Å²) < 4.78 is 26.7. The molecule has 2 fully saturated rings. The van der Waals surface area contributed by atoms with E-state index in [-0.39, 0.29) is 10.8 Å². The summed E-state index contributed by atoms with van der Waals surface area (Å²) in [6, 6.07) is 11.6. The largest absolute Gasteiger partial charge is 0.370 e. The number of amides is 1. The predicted octanol–water partition coefficient (Wildman–Crippen LogP) is 4.37. The number of carbonyl (C=O) groups is 1. The number of rotatable bonds is 5. The molecule has 1 amide bonds. The van der Waals surface area contributed by atoms with Crippen molar-refractivity contribution < 1.29 is 13.2 Å². The second kappa shape index (κ2) is 8.96. The summed E-state index contributed by atoms with van der Waals surface area (Å²) in [7, 11) is -3.48. The molecule has 2 heterocycles. The van der Waals surface area contributed by atoms with Crippen LogP contribution in [-0.2, 0) is 10.0 Å². The summed E-state index contributed by atoms with van der Waals surface area (Å²) in [4.78, 5) is 15.1. The van der Waals surface area contributed by atoms with E-state index in [1.807, 2.05) is 12.1 Å². The fraction of sp³-hybridized carbons (Fsp3) is 0.409. The maximum absolute atomic E-state index is 12.6. The highest BCUT2D eigenvalue weighted by Crippen LogP contribution is 2.31. The van der Waals surface area contributed by atoms with Gasteiger partial charge < -0.3 is 10.2 Å². The van der Waals surface area contributed by atoms with Gasteiger partial charge in [0, 0.05) is 37.4 Å². The van der Waals surface area contributed by atoms with Gasteiger partial charge in [0.1, 0.15) is 0 Å². The van der Waals surface area contributed by atoms with E-state index >= 15 is 0 Å². The smallest absolute Gasteiger partial charge is 0.255 e. The highest BCUT2D eigenvalue weighted by Gasteiger charge is 2.27. The first-order valence-electron chi connectivity index (χ1n) is 10.4. The first-order valence-corrected chi connectivity index (χ1v) is 12.2. The molecule has 0 spiro atoms. The summed E-state index contributed by atoms with van der Waals surface area (Å²) in [6.07, 6.45) is 5.36. The Morgan fingerprint density at radius 1 is 0.867 bits per heavy atom. The van der Waals surface area contributed by atoms with Crippen molar-refractivity contribution in [3.63, 3.8) is 0 Å². The van der Waals surface area contributed by atoms with Crippen LogP contribution in [0.25, 0.3) is 0 Å². The summed E-state index contributed by atoms with van der Waals surface area (Å²) >= 11 is 6.46. The fourth-order valence-electron chi connectivity index (χ4n) is 4.04. The number of hydrogen-bond acceptors (Lipinski definition) is 4. The van der Waals surface area contributed by atoms with E-state index in [9.17, 15) is 13.2 Å². The van der Waals surface area contributed by atoms with Crippen molar-refractivity contribution in [1.29, 1.82) is 0 Å². The van der Waals surface area contributed by atoms with Gasteiger partial charge in [-0.1, -0.05) is 11.6 Å².